The van der Waals surface area contributed by atoms with Gasteiger partial charge in [0.25, 0.3) is 0 Å². The molecule has 0 radical (unpaired) electrons. The van der Waals surface area contributed by atoms with Gasteiger partial charge in [-0.15, -0.1) is 11.3 Å². The van der Waals surface area contributed by atoms with Crippen molar-refractivity contribution in [1.29, 1.82) is 0 Å². The molecule has 0 amide bonds. The first-order valence-corrected chi connectivity index (χ1v) is 9.87. The first kappa shape index (κ1) is 15.2. The van der Waals surface area contributed by atoms with Crippen LogP contribution in [0.25, 0.3) is 53.5 Å². The van der Waals surface area contributed by atoms with E-state index >= 15 is 0 Å². The zero-order valence-corrected chi connectivity index (χ0v) is 15.6. The predicted molar refractivity (Wildman–Crippen MR) is 115 cm³/mol. The molecule has 0 aliphatic heterocycles. The van der Waals surface area contributed by atoms with Crippen LogP contribution in [-0.2, 0) is 0 Å². The molecule has 0 bridgehead atoms. The maximum atomic E-state index is 6.62. The van der Waals surface area contributed by atoms with E-state index in [0.717, 1.165) is 42.5 Å². The summed E-state index contributed by atoms with van der Waals surface area (Å²) < 4.78 is 8.60. The number of nitrogens with zero attached hydrogens (tertiary/aromatic N) is 1. The van der Waals surface area contributed by atoms with E-state index in [-0.39, 0.29) is 0 Å². The fraction of sp³-hybridized carbons (Fsp3) is 0. The van der Waals surface area contributed by atoms with Crippen molar-refractivity contribution in [3.63, 3.8) is 0 Å². The van der Waals surface area contributed by atoms with Crippen molar-refractivity contribution >= 4 is 65.0 Å². The molecule has 2 aromatic heterocycles. The molecular formula is C23H12ClNOS. The number of thiophene rings is 1. The molecule has 0 fully saturated rings. The summed E-state index contributed by atoms with van der Waals surface area (Å²) in [5.74, 6) is 0.640. The molecule has 0 saturated heterocycles. The molecule has 0 aliphatic rings. The maximum Gasteiger partial charge on any atom is 0.227 e. The lowest BCUT2D eigenvalue weighted by Crippen LogP contribution is -1.78. The summed E-state index contributed by atoms with van der Waals surface area (Å²) in [6.45, 7) is 0. The van der Waals surface area contributed by atoms with Gasteiger partial charge in [0, 0.05) is 26.4 Å². The van der Waals surface area contributed by atoms with E-state index in [0.29, 0.717) is 5.89 Å². The highest BCUT2D eigenvalue weighted by molar-refractivity contribution is 7.26. The maximum absolute atomic E-state index is 6.62. The summed E-state index contributed by atoms with van der Waals surface area (Å²) in [4.78, 5) is 4.73. The van der Waals surface area contributed by atoms with Crippen LogP contribution in [0.15, 0.2) is 77.2 Å². The van der Waals surface area contributed by atoms with Crippen molar-refractivity contribution in [3.8, 4) is 11.5 Å². The highest BCUT2D eigenvalue weighted by Gasteiger charge is 2.18. The molecule has 4 aromatic carbocycles. The summed E-state index contributed by atoms with van der Waals surface area (Å²) in [5.41, 5.74) is 2.65. The quantitative estimate of drug-likeness (QED) is 0.290. The van der Waals surface area contributed by atoms with Gasteiger partial charge < -0.3 is 4.42 Å². The third-order valence-corrected chi connectivity index (χ3v) is 6.57. The van der Waals surface area contributed by atoms with Crippen molar-refractivity contribution in [1.82, 2.24) is 4.98 Å². The van der Waals surface area contributed by atoms with Gasteiger partial charge in [-0.1, -0.05) is 54.1 Å². The van der Waals surface area contributed by atoms with Gasteiger partial charge in [-0.3, -0.25) is 0 Å². The number of rotatable bonds is 1. The van der Waals surface area contributed by atoms with Crippen molar-refractivity contribution in [2.45, 2.75) is 0 Å². The molecule has 2 heterocycles. The summed E-state index contributed by atoms with van der Waals surface area (Å²) in [5, 5.41) is 5.29. The summed E-state index contributed by atoms with van der Waals surface area (Å²) in [6, 6.07) is 24.5. The number of oxazole rings is 1. The van der Waals surface area contributed by atoms with Crippen LogP contribution in [0.3, 0.4) is 0 Å². The molecule has 0 aliphatic carbocycles. The summed E-state index contributed by atoms with van der Waals surface area (Å²) in [7, 11) is 0. The van der Waals surface area contributed by atoms with Crippen LogP contribution in [0.5, 0.6) is 0 Å². The lowest BCUT2D eigenvalue weighted by atomic mass is 10.0. The van der Waals surface area contributed by atoms with E-state index in [2.05, 4.69) is 30.3 Å². The minimum atomic E-state index is 0.640. The van der Waals surface area contributed by atoms with Gasteiger partial charge in [-0.25, -0.2) is 4.98 Å². The zero-order chi connectivity index (χ0) is 18.0. The monoisotopic (exact) mass is 385 g/mol. The SMILES string of the molecule is Clc1cc2ccc3nc(-c4ccccc4)oc3c2c2c1sc1ccccc12. The molecular weight excluding hydrogens is 374 g/mol. The lowest BCUT2D eigenvalue weighted by molar-refractivity contribution is 0.623. The van der Waals surface area contributed by atoms with Crippen LogP contribution in [-0.4, -0.2) is 4.98 Å². The Morgan fingerprint density at radius 1 is 0.852 bits per heavy atom. The number of hydrogen-bond donors (Lipinski definition) is 0. The molecule has 6 rings (SSSR count). The fourth-order valence-corrected chi connectivity index (χ4v) is 5.20. The van der Waals surface area contributed by atoms with Crippen molar-refractivity contribution in [2.24, 2.45) is 0 Å². The molecule has 4 heteroatoms. The average molecular weight is 386 g/mol. The minimum absolute atomic E-state index is 0.640. The number of halogens is 1. The van der Waals surface area contributed by atoms with Crippen LogP contribution in [0, 0.1) is 0 Å². The van der Waals surface area contributed by atoms with E-state index in [1.165, 1.54) is 10.1 Å². The Morgan fingerprint density at radius 3 is 2.56 bits per heavy atom. The van der Waals surface area contributed by atoms with E-state index in [9.17, 15) is 0 Å². The second-order valence-corrected chi connectivity index (χ2v) is 8.02. The van der Waals surface area contributed by atoms with Crippen LogP contribution in [0.4, 0.5) is 0 Å². The minimum Gasteiger partial charge on any atom is -0.435 e. The van der Waals surface area contributed by atoms with Gasteiger partial charge in [0.15, 0.2) is 5.58 Å². The van der Waals surface area contributed by atoms with Crippen molar-refractivity contribution in [2.75, 3.05) is 0 Å². The van der Waals surface area contributed by atoms with E-state index in [1.807, 2.05) is 42.5 Å². The van der Waals surface area contributed by atoms with E-state index < -0.39 is 0 Å². The molecule has 0 atom stereocenters. The second-order valence-electron chi connectivity index (χ2n) is 6.56. The molecule has 2 nitrogen and oxygen atoms in total. The fourth-order valence-electron chi connectivity index (χ4n) is 3.75. The van der Waals surface area contributed by atoms with E-state index in [1.54, 1.807) is 11.3 Å². The third kappa shape index (κ3) is 2.16. The van der Waals surface area contributed by atoms with Gasteiger partial charge in [0.2, 0.25) is 5.89 Å². The molecule has 128 valence electrons. The van der Waals surface area contributed by atoms with E-state index in [4.69, 9.17) is 21.0 Å². The highest BCUT2D eigenvalue weighted by atomic mass is 35.5. The van der Waals surface area contributed by atoms with Gasteiger partial charge in [-0.2, -0.15) is 0 Å². The number of benzene rings is 4. The first-order valence-electron chi connectivity index (χ1n) is 8.68. The topological polar surface area (TPSA) is 26.0 Å². The molecule has 0 N–H and O–H groups in total. The second kappa shape index (κ2) is 5.56. The molecule has 27 heavy (non-hydrogen) atoms. The molecule has 6 aromatic rings. The van der Waals surface area contributed by atoms with Crippen LogP contribution >= 0.6 is 22.9 Å². The molecule has 0 unspecified atom stereocenters. The Bertz CT molecular complexity index is 1480. The average Bonchev–Trinajstić information content (AvgIpc) is 3.31. The third-order valence-electron chi connectivity index (χ3n) is 4.96. The normalized spacial score (nSPS) is 11.9. The van der Waals surface area contributed by atoms with Gasteiger partial charge in [-0.05, 0) is 35.7 Å². The number of aromatic nitrogens is 1. The zero-order valence-electron chi connectivity index (χ0n) is 14.1. The first-order chi connectivity index (χ1) is 13.3. The predicted octanol–water partition coefficient (Wildman–Crippen LogP) is 7.67. The van der Waals surface area contributed by atoms with Crippen molar-refractivity contribution in [3.05, 3.63) is 77.8 Å². The van der Waals surface area contributed by atoms with Crippen molar-refractivity contribution < 1.29 is 4.42 Å². The van der Waals surface area contributed by atoms with Gasteiger partial charge >= 0.3 is 0 Å². The molecule has 0 saturated carbocycles. The largest absolute Gasteiger partial charge is 0.435 e. The highest BCUT2D eigenvalue weighted by Crippen LogP contribution is 2.44. The Labute approximate surface area is 163 Å². The number of hydrogen-bond acceptors (Lipinski definition) is 3. The summed E-state index contributed by atoms with van der Waals surface area (Å²) in [6.07, 6.45) is 0. The van der Waals surface area contributed by atoms with Crippen LogP contribution in [0.2, 0.25) is 5.02 Å². The van der Waals surface area contributed by atoms with Gasteiger partial charge in [0.1, 0.15) is 5.52 Å². The Kier molecular flexibility index (Phi) is 3.13. The Morgan fingerprint density at radius 2 is 1.67 bits per heavy atom. The van der Waals surface area contributed by atoms with Crippen LogP contribution in [0.1, 0.15) is 0 Å². The Balaban J connectivity index is 1.82. The number of fused-ring (bicyclic) bond motifs is 7. The Hall–Kier alpha value is -2.88. The van der Waals surface area contributed by atoms with Crippen LogP contribution < -0.4 is 0 Å². The molecule has 0 spiro atoms. The smallest absolute Gasteiger partial charge is 0.227 e. The van der Waals surface area contributed by atoms with Gasteiger partial charge in [0.05, 0.1) is 9.72 Å². The summed E-state index contributed by atoms with van der Waals surface area (Å²) >= 11 is 8.34. The standard InChI is InChI=1S/C23H12ClNOS/c24-16-12-14-10-11-17-21(26-23(25-17)13-6-2-1-3-7-13)19(14)20-15-8-4-5-9-18(15)27-22(16)20/h1-12H. The lowest BCUT2D eigenvalue weighted by Gasteiger charge is -2.03.